The summed E-state index contributed by atoms with van der Waals surface area (Å²) in [5.74, 6) is 1.62. The Morgan fingerprint density at radius 3 is 2.17 bits per heavy atom. The lowest BCUT2D eigenvalue weighted by Crippen LogP contribution is -2.56. The number of nitrogens with two attached hydrogens (primary N) is 1. The molecule has 0 radical (unpaired) electrons. The van der Waals surface area contributed by atoms with Gasteiger partial charge in [0.25, 0.3) is 5.91 Å². The summed E-state index contributed by atoms with van der Waals surface area (Å²) in [6.07, 6.45) is 9.12. The molecule has 4 N–H and O–H groups in total. The summed E-state index contributed by atoms with van der Waals surface area (Å²) in [6.45, 7) is 2.11. The molecule has 6 nitrogen and oxygen atoms in total. The molecular formula is C23H28N4O2. The maximum absolute atomic E-state index is 12.7. The van der Waals surface area contributed by atoms with Gasteiger partial charge in [-0.1, -0.05) is 0 Å². The number of amides is 2. The van der Waals surface area contributed by atoms with Crippen molar-refractivity contribution in [2.24, 2.45) is 28.9 Å². The van der Waals surface area contributed by atoms with Crippen LogP contribution in [0.1, 0.15) is 55.8 Å². The number of nitrogens with zero attached hydrogens (tertiary/aromatic N) is 1. The van der Waals surface area contributed by atoms with Gasteiger partial charge in [-0.05, 0) is 92.9 Å². The number of carbonyl (C=O) groups excluding carboxylic acids is 2. The Hall–Kier alpha value is -2.81. The van der Waals surface area contributed by atoms with Crippen LogP contribution in [0.2, 0.25) is 0 Å². The van der Waals surface area contributed by atoms with Crippen molar-refractivity contribution in [3.63, 3.8) is 0 Å². The monoisotopic (exact) mass is 392 g/mol. The van der Waals surface area contributed by atoms with E-state index in [0.29, 0.717) is 11.3 Å². The highest BCUT2D eigenvalue weighted by atomic mass is 16.2. The topological polar surface area (TPSA) is 108 Å². The van der Waals surface area contributed by atoms with Crippen LogP contribution in [0.5, 0.6) is 0 Å². The molecule has 1 unspecified atom stereocenters. The van der Waals surface area contributed by atoms with E-state index >= 15 is 0 Å². The number of nitriles is 1. The van der Waals surface area contributed by atoms with Crippen molar-refractivity contribution in [3.8, 4) is 6.07 Å². The van der Waals surface area contributed by atoms with Crippen LogP contribution < -0.4 is 16.4 Å². The number of carbonyl (C=O) groups is 2. The third kappa shape index (κ3) is 3.87. The Morgan fingerprint density at radius 1 is 1.14 bits per heavy atom. The molecular weight excluding hydrogens is 364 g/mol. The summed E-state index contributed by atoms with van der Waals surface area (Å²) >= 11 is 0. The molecule has 0 saturated heterocycles. The van der Waals surface area contributed by atoms with Crippen molar-refractivity contribution in [2.45, 2.75) is 51.5 Å². The van der Waals surface area contributed by atoms with Crippen LogP contribution >= 0.6 is 0 Å². The number of benzene rings is 1. The largest absolute Gasteiger partial charge is 0.366 e. The zero-order chi connectivity index (χ0) is 20.6. The molecule has 0 spiro atoms. The molecule has 0 aromatic heterocycles. The fraction of sp³-hybridized carbons (Fsp3) is 0.522. The van der Waals surface area contributed by atoms with Crippen molar-refractivity contribution in [1.29, 1.82) is 5.26 Å². The van der Waals surface area contributed by atoms with Crippen LogP contribution in [-0.2, 0) is 4.79 Å². The number of primary amides is 1. The number of rotatable bonds is 6. The lowest BCUT2D eigenvalue weighted by Gasteiger charge is -2.59. The third-order valence-electron chi connectivity index (χ3n) is 7.27. The molecule has 0 heterocycles. The summed E-state index contributed by atoms with van der Waals surface area (Å²) in [6, 6.07) is 8.62. The molecule has 4 saturated carbocycles. The first-order chi connectivity index (χ1) is 13.9. The predicted molar refractivity (Wildman–Crippen MR) is 110 cm³/mol. The van der Waals surface area contributed by atoms with Gasteiger partial charge in [0.15, 0.2) is 0 Å². The maximum atomic E-state index is 12.7. The average molecular weight is 393 g/mol. The first-order valence-electron chi connectivity index (χ1n) is 10.5. The molecule has 2 amide bonds. The van der Waals surface area contributed by atoms with E-state index in [1.807, 2.05) is 6.07 Å². The van der Waals surface area contributed by atoms with E-state index in [0.717, 1.165) is 17.8 Å². The second-order valence-electron chi connectivity index (χ2n) is 9.23. The van der Waals surface area contributed by atoms with E-state index in [9.17, 15) is 14.9 Å². The van der Waals surface area contributed by atoms with Gasteiger partial charge in [-0.2, -0.15) is 5.26 Å². The molecule has 152 valence electrons. The molecule has 4 aliphatic rings. The minimum Gasteiger partial charge on any atom is -0.366 e. The van der Waals surface area contributed by atoms with Crippen LogP contribution in [0.15, 0.2) is 36.0 Å². The molecule has 4 aliphatic carbocycles. The van der Waals surface area contributed by atoms with Gasteiger partial charge in [0.1, 0.15) is 11.6 Å². The number of anilines is 1. The van der Waals surface area contributed by atoms with Gasteiger partial charge in [-0.3, -0.25) is 9.59 Å². The zero-order valence-electron chi connectivity index (χ0n) is 16.8. The molecule has 4 fully saturated rings. The number of nitrogens with one attached hydrogen (secondary N) is 2. The van der Waals surface area contributed by atoms with Crippen LogP contribution in [0, 0.1) is 34.5 Å². The van der Waals surface area contributed by atoms with Gasteiger partial charge in [0.2, 0.25) is 5.91 Å². The summed E-state index contributed by atoms with van der Waals surface area (Å²) in [5, 5.41) is 15.5. The van der Waals surface area contributed by atoms with Crippen molar-refractivity contribution in [1.82, 2.24) is 5.32 Å². The van der Waals surface area contributed by atoms with Gasteiger partial charge in [-0.15, -0.1) is 0 Å². The first-order valence-corrected chi connectivity index (χ1v) is 10.5. The van der Waals surface area contributed by atoms with E-state index in [4.69, 9.17) is 5.73 Å². The molecule has 6 heteroatoms. The van der Waals surface area contributed by atoms with E-state index < -0.39 is 5.91 Å². The van der Waals surface area contributed by atoms with E-state index in [1.165, 1.54) is 44.7 Å². The number of hydrogen-bond donors (Lipinski definition) is 3. The Balaban J connectivity index is 1.40. The molecule has 29 heavy (non-hydrogen) atoms. The van der Waals surface area contributed by atoms with Crippen molar-refractivity contribution < 1.29 is 9.59 Å². The standard InChI is InChI=1S/C23H28N4O2/c1-14(23-9-15-6-16(10-23)8-17(7-15)11-23)27-22(29)19(12-24)13-26-20-4-2-18(3-5-20)21(25)28/h2-5,13-17,26H,6-11H2,1H3,(H2,25,28)(H,27,29)/b19-13-. The average Bonchev–Trinajstić information content (AvgIpc) is 2.67. The molecule has 0 aliphatic heterocycles. The highest BCUT2D eigenvalue weighted by molar-refractivity contribution is 5.97. The minimum absolute atomic E-state index is 0.0422. The molecule has 1 atom stereocenters. The van der Waals surface area contributed by atoms with Crippen LogP contribution in [0.25, 0.3) is 0 Å². The Labute approximate surface area is 171 Å². The Bertz CT molecular complexity index is 846. The highest BCUT2D eigenvalue weighted by Crippen LogP contribution is 2.61. The Morgan fingerprint density at radius 2 is 1.69 bits per heavy atom. The molecule has 1 aromatic rings. The second kappa shape index (κ2) is 7.55. The lowest BCUT2D eigenvalue weighted by molar-refractivity contribution is -0.122. The summed E-state index contributed by atoms with van der Waals surface area (Å²) in [4.78, 5) is 23.9. The van der Waals surface area contributed by atoms with Crippen molar-refractivity contribution in [2.75, 3.05) is 5.32 Å². The Kier molecular flexibility index (Phi) is 5.08. The summed E-state index contributed by atoms with van der Waals surface area (Å²) < 4.78 is 0. The maximum Gasteiger partial charge on any atom is 0.263 e. The SMILES string of the molecule is CC(NC(=O)/C(C#N)=C\Nc1ccc(C(N)=O)cc1)C12CC3CC(CC(C3)C1)C2. The molecule has 5 rings (SSSR count). The summed E-state index contributed by atoms with van der Waals surface area (Å²) in [7, 11) is 0. The fourth-order valence-corrected chi connectivity index (χ4v) is 6.17. The van der Waals surface area contributed by atoms with Gasteiger partial charge in [-0.25, -0.2) is 0 Å². The zero-order valence-corrected chi connectivity index (χ0v) is 16.8. The van der Waals surface area contributed by atoms with Crippen LogP contribution in [0.4, 0.5) is 5.69 Å². The predicted octanol–water partition coefficient (Wildman–Crippen LogP) is 3.33. The quantitative estimate of drug-likeness (QED) is 0.510. The normalized spacial score (nSPS) is 31.0. The van der Waals surface area contributed by atoms with E-state index in [1.54, 1.807) is 24.3 Å². The summed E-state index contributed by atoms with van der Waals surface area (Å²) in [5.41, 5.74) is 6.55. The minimum atomic E-state index is -0.497. The van der Waals surface area contributed by atoms with Crippen molar-refractivity contribution >= 4 is 17.5 Å². The first kappa shape index (κ1) is 19.5. The van der Waals surface area contributed by atoms with Gasteiger partial charge < -0.3 is 16.4 Å². The van der Waals surface area contributed by atoms with Crippen LogP contribution in [-0.4, -0.2) is 17.9 Å². The van der Waals surface area contributed by atoms with E-state index in [2.05, 4.69) is 17.6 Å². The number of hydrogen-bond acceptors (Lipinski definition) is 4. The van der Waals surface area contributed by atoms with Gasteiger partial charge in [0.05, 0.1) is 0 Å². The highest BCUT2D eigenvalue weighted by Gasteiger charge is 2.53. The van der Waals surface area contributed by atoms with E-state index in [-0.39, 0.29) is 22.9 Å². The van der Waals surface area contributed by atoms with Crippen molar-refractivity contribution in [3.05, 3.63) is 41.6 Å². The third-order valence-corrected chi connectivity index (χ3v) is 7.27. The molecule has 4 bridgehead atoms. The van der Waals surface area contributed by atoms with Crippen LogP contribution in [0.3, 0.4) is 0 Å². The fourth-order valence-electron chi connectivity index (χ4n) is 6.17. The van der Waals surface area contributed by atoms with Gasteiger partial charge >= 0.3 is 0 Å². The van der Waals surface area contributed by atoms with Gasteiger partial charge in [0, 0.05) is 23.5 Å². The second-order valence-corrected chi connectivity index (χ2v) is 9.23. The molecule has 1 aromatic carbocycles. The smallest absolute Gasteiger partial charge is 0.263 e. The lowest BCUT2D eigenvalue weighted by atomic mass is 9.48.